The molecule has 2 aliphatic heterocycles. The smallest absolute Gasteiger partial charge is 0.223 e. The van der Waals surface area contributed by atoms with E-state index in [0.717, 1.165) is 58.4 Å². The molecule has 2 heterocycles. The minimum absolute atomic E-state index is 0. The number of hydrogen-bond acceptors (Lipinski definition) is 3. The minimum Gasteiger partial charge on any atom is -0.381 e. The lowest BCUT2D eigenvalue weighted by molar-refractivity contribution is -0.133. The van der Waals surface area contributed by atoms with Crippen LogP contribution >= 0.6 is 12.4 Å². The summed E-state index contributed by atoms with van der Waals surface area (Å²) in [5.74, 6) is 0.904. The van der Waals surface area contributed by atoms with Crippen molar-refractivity contribution in [2.24, 2.45) is 5.92 Å². The summed E-state index contributed by atoms with van der Waals surface area (Å²) in [7, 11) is 1.96. The van der Waals surface area contributed by atoms with Crippen molar-refractivity contribution in [1.82, 2.24) is 10.2 Å². The predicted octanol–water partition coefficient (Wildman–Crippen LogP) is 1.44. The Morgan fingerprint density at radius 1 is 1.33 bits per heavy atom. The van der Waals surface area contributed by atoms with Gasteiger partial charge in [-0.15, -0.1) is 12.4 Å². The maximum atomic E-state index is 12.3. The van der Waals surface area contributed by atoms with Gasteiger partial charge in [-0.1, -0.05) is 0 Å². The van der Waals surface area contributed by atoms with Crippen LogP contribution in [0.1, 0.15) is 32.1 Å². The Hall–Kier alpha value is -0.320. The summed E-state index contributed by atoms with van der Waals surface area (Å²) in [6, 6.07) is 0.423. The number of nitrogens with zero attached hydrogens (tertiary/aromatic N) is 1. The standard InChI is InChI=1S/C13H24N2O2.ClH/c1-14-10-12-3-2-6-15(12)13(16)9-11-4-7-17-8-5-11;/h11-12,14H,2-10H2,1H3;1H. The van der Waals surface area contributed by atoms with Crippen molar-refractivity contribution in [3.63, 3.8) is 0 Å². The molecule has 0 saturated carbocycles. The molecule has 106 valence electrons. The molecule has 0 aromatic carbocycles. The highest BCUT2D eigenvalue weighted by molar-refractivity contribution is 5.85. The van der Waals surface area contributed by atoms with Crippen LogP contribution in [-0.4, -0.2) is 50.2 Å². The Balaban J connectivity index is 0.00000162. The highest BCUT2D eigenvalue weighted by Crippen LogP contribution is 2.23. The molecule has 0 spiro atoms. The molecule has 0 aromatic heterocycles. The Bertz CT molecular complexity index is 257. The molecule has 2 fully saturated rings. The highest BCUT2D eigenvalue weighted by Gasteiger charge is 2.29. The van der Waals surface area contributed by atoms with Crippen molar-refractivity contribution in [2.75, 3.05) is 33.4 Å². The number of carbonyl (C=O) groups excluding carboxylic acids is 1. The number of hydrogen-bond donors (Lipinski definition) is 1. The number of likely N-dealkylation sites (N-methyl/N-ethyl adjacent to an activating group) is 1. The predicted molar refractivity (Wildman–Crippen MR) is 74.1 cm³/mol. The summed E-state index contributed by atoms with van der Waals surface area (Å²) >= 11 is 0. The zero-order chi connectivity index (χ0) is 12.1. The largest absolute Gasteiger partial charge is 0.381 e. The number of amides is 1. The second-order valence-electron chi connectivity index (χ2n) is 5.20. The molecule has 1 atom stereocenters. The number of halogens is 1. The van der Waals surface area contributed by atoms with Crippen LogP contribution in [0.2, 0.25) is 0 Å². The lowest BCUT2D eigenvalue weighted by atomic mass is 9.96. The second-order valence-corrected chi connectivity index (χ2v) is 5.20. The van der Waals surface area contributed by atoms with Gasteiger partial charge < -0.3 is 15.0 Å². The molecular weight excluding hydrogens is 252 g/mol. The summed E-state index contributed by atoms with van der Waals surface area (Å²) in [4.78, 5) is 14.3. The molecule has 18 heavy (non-hydrogen) atoms. The van der Waals surface area contributed by atoms with E-state index in [-0.39, 0.29) is 12.4 Å². The first-order chi connectivity index (χ1) is 8.31. The van der Waals surface area contributed by atoms with Crippen molar-refractivity contribution in [1.29, 1.82) is 0 Å². The van der Waals surface area contributed by atoms with E-state index in [9.17, 15) is 4.79 Å². The van der Waals surface area contributed by atoms with Crippen LogP contribution in [0.25, 0.3) is 0 Å². The topological polar surface area (TPSA) is 41.6 Å². The maximum Gasteiger partial charge on any atom is 0.223 e. The first kappa shape index (κ1) is 15.7. The number of ether oxygens (including phenoxy) is 1. The Morgan fingerprint density at radius 3 is 2.72 bits per heavy atom. The highest BCUT2D eigenvalue weighted by atomic mass is 35.5. The molecule has 0 aromatic rings. The Labute approximate surface area is 116 Å². The lowest BCUT2D eigenvalue weighted by Gasteiger charge is -2.28. The molecule has 1 unspecified atom stereocenters. The van der Waals surface area contributed by atoms with E-state index < -0.39 is 0 Å². The van der Waals surface area contributed by atoms with Gasteiger partial charge in [0, 0.05) is 38.8 Å². The van der Waals surface area contributed by atoms with Crippen molar-refractivity contribution >= 4 is 18.3 Å². The number of rotatable bonds is 4. The third-order valence-electron chi connectivity index (χ3n) is 3.94. The van der Waals surface area contributed by atoms with Crippen molar-refractivity contribution in [3.05, 3.63) is 0 Å². The average Bonchev–Trinajstić information content (AvgIpc) is 2.79. The fraction of sp³-hybridized carbons (Fsp3) is 0.923. The fourth-order valence-electron chi connectivity index (χ4n) is 2.93. The van der Waals surface area contributed by atoms with Gasteiger partial charge in [-0.25, -0.2) is 0 Å². The molecule has 2 saturated heterocycles. The van der Waals surface area contributed by atoms with Gasteiger partial charge in [0.2, 0.25) is 5.91 Å². The molecular formula is C13H25ClN2O2. The van der Waals surface area contributed by atoms with Crippen molar-refractivity contribution < 1.29 is 9.53 Å². The van der Waals surface area contributed by atoms with Gasteiger partial charge in [-0.05, 0) is 38.6 Å². The van der Waals surface area contributed by atoms with Crippen LogP contribution in [0, 0.1) is 5.92 Å². The third-order valence-corrected chi connectivity index (χ3v) is 3.94. The van der Waals surface area contributed by atoms with Gasteiger partial charge in [-0.2, -0.15) is 0 Å². The number of carbonyl (C=O) groups is 1. The van der Waals surface area contributed by atoms with Crippen LogP contribution in [0.3, 0.4) is 0 Å². The summed E-state index contributed by atoms with van der Waals surface area (Å²) < 4.78 is 5.33. The van der Waals surface area contributed by atoms with Gasteiger partial charge in [-0.3, -0.25) is 4.79 Å². The van der Waals surface area contributed by atoms with Crippen molar-refractivity contribution in [2.45, 2.75) is 38.1 Å². The van der Waals surface area contributed by atoms with Gasteiger partial charge in [0.1, 0.15) is 0 Å². The maximum absolute atomic E-state index is 12.3. The molecule has 0 radical (unpaired) electrons. The number of nitrogens with one attached hydrogen (secondary N) is 1. The van der Waals surface area contributed by atoms with E-state index in [1.807, 2.05) is 7.05 Å². The van der Waals surface area contributed by atoms with Crippen LogP contribution < -0.4 is 5.32 Å². The molecule has 1 amide bonds. The summed E-state index contributed by atoms with van der Waals surface area (Å²) in [5, 5.41) is 3.18. The first-order valence-electron chi connectivity index (χ1n) is 6.83. The molecule has 2 aliphatic rings. The Morgan fingerprint density at radius 2 is 2.06 bits per heavy atom. The quantitative estimate of drug-likeness (QED) is 0.845. The SMILES string of the molecule is CNCC1CCCN1C(=O)CC1CCOCC1.Cl. The number of likely N-dealkylation sites (tertiary alicyclic amines) is 1. The van der Waals surface area contributed by atoms with Gasteiger partial charge in [0.15, 0.2) is 0 Å². The minimum atomic E-state index is 0. The van der Waals surface area contributed by atoms with Crippen LogP contribution in [0.4, 0.5) is 0 Å². The summed E-state index contributed by atoms with van der Waals surface area (Å²) in [6.45, 7) is 3.55. The van der Waals surface area contributed by atoms with Gasteiger partial charge >= 0.3 is 0 Å². The van der Waals surface area contributed by atoms with E-state index in [4.69, 9.17) is 4.74 Å². The lowest BCUT2D eigenvalue weighted by Crippen LogP contribution is -2.41. The fourth-order valence-corrected chi connectivity index (χ4v) is 2.93. The van der Waals surface area contributed by atoms with Gasteiger partial charge in [0.05, 0.1) is 0 Å². The van der Waals surface area contributed by atoms with Crippen LogP contribution in [0.5, 0.6) is 0 Å². The summed E-state index contributed by atoms with van der Waals surface area (Å²) in [6.07, 6.45) is 5.14. The molecule has 2 rings (SSSR count). The summed E-state index contributed by atoms with van der Waals surface area (Å²) in [5.41, 5.74) is 0. The van der Waals surface area contributed by atoms with E-state index >= 15 is 0 Å². The van der Waals surface area contributed by atoms with Crippen LogP contribution in [-0.2, 0) is 9.53 Å². The molecule has 1 N–H and O–H groups in total. The molecule has 0 aliphatic carbocycles. The normalized spacial score (nSPS) is 24.9. The van der Waals surface area contributed by atoms with Gasteiger partial charge in [0.25, 0.3) is 0 Å². The second kappa shape index (κ2) is 7.97. The molecule has 0 bridgehead atoms. The molecule has 4 nitrogen and oxygen atoms in total. The monoisotopic (exact) mass is 276 g/mol. The molecule has 5 heteroatoms. The Kier molecular flexibility index (Phi) is 6.97. The van der Waals surface area contributed by atoms with E-state index in [1.165, 1.54) is 0 Å². The average molecular weight is 277 g/mol. The van der Waals surface area contributed by atoms with E-state index in [2.05, 4.69) is 10.2 Å². The van der Waals surface area contributed by atoms with E-state index in [1.54, 1.807) is 0 Å². The zero-order valence-corrected chi connectivity index (χ0v) is 12.0. The van der Waals surface area contributed by atoms with Crippen LogP contribution in [0.15, 0.2) is 0 Å². The first-order valence-corrected chi connectivity index (χ1v) is 6.83. The zero-order valence-electron chi connectivity index (χ0n) is 11.2. The van der Waals surface area contributed by atoms with E-state index in [0.29, 0.717) is 17.9 Å². The van der Waals surface area contributed by atoms with Crippen molar-refractivity contribution in [3.8, 4) is 0 Å². The third kappa shape index (κ3) is 4.11.